The third-order valence-corrected chi connectivity index (χ3v) is 4.04. The van der Waals surface area contributed by atoms with E-state index in [9.17, 15) is 8.42 Å². The van der Waals surface area contributed by atoms with Gasteiger partial charge < -0.3 is 0 Å². The van der Waals surface area contributed by atoms with Crippen LogP contribution in [0.5, 0.6) is 0 Å². The highest BCUT2D eigenvalue weighted by molar-refractivity contribution is 7.89. The lowest BCUT2D eigenvalue weighted by atomic mass is 10.1. The fourth-order valence-electron chi connectivity index (χ4n) is 1.65. The first-order chi connectivity index (χ1) is 9.09. The molecule has 0 saturated heterocycles. The maximum Gasteiger partial charge on any atom is 0.253 e. The average molecular weight is 276 g/mol. The molecule has 5 heteroatoms. The second-order valence-electron chi connectivity index (χ2n) is 4.20. The van der Waals surface area contributed by atoms with Gasteiger partial charge in [0, 0.05) is 6.04 Å². The van der Waals surface area contributed by atoms with Crippen LogP contribution in [0.25, 0.3) is 0 Å². The molecule has 0 fully saturated rings. The van der Waals surface area contributed by atoms with Crippen LogP contribution < -0.4 is 10.3 Å². The van der Waals surface area contributed by atoms with Crippen molar-refractivity contribution in [3.05, 3.63) is 66.2 Å². The highest BCUT2D eigenvalue weighted by Crippen LogP contribution is 2.11. The van der Waals surface area contributed by atoms with Crippen LogP contribution in [0.2, 0.25) is 0 Å². The zero-order valence-electron chi connectivity index (χ0n) is 10.6. The third-order valence-electron chi connectivity index (χ3n) is 2.76. The lowest BCUT2D eigenvalue weighted by molar-refractivity contribution is 0.514. The van der Waals surface area contributed by atoms with Gasteiger partial charge in [0.05, 0.1) is 4.90 Å². The number of sulfonamides is 1. The van der Waals surface area contributed by atoms with Crippen molar-refractivity contribution < 1.29 is 8.42 Å². The molecule has 2 N–H and O–H groups in total. The molecule has 0 aliphatic heterocycles. The molecule has 0 aliphatic carbocycles. The van der Waals surface area contributed by atoms with E-state index in [1.807, 2.05) is 37.3 Å². The number of hydrogen-bond donors (Lipinski definition) is 2. The van der Waals surface area contributed by atoms with Crippen molar-refractivity contribution in [2.75, 3.05) is 0 Å². The zero-order chi connectivity index (χ0) is 13.7. The molecule has 0 aromatic heterocycles. The molecule has 19 heavy (non-hydrogen) atoms. The minimum absolute atomic E-state index is 0.111. The van der Waals surface area contributed by atoms with Crippen molar-refractivity contribution >= 4 is 10.0 Å². The minimum atomic E-state index is -3.52. The largest absolute Gasteiger partial charge is 0.253 e. The molecule has 0 bridgehead atoms. The summed E-state index contributed by atoms with van der Waals surface area (Å²) in [5.74, 6) is 0. The quantitative estimate of drug-likeness (QED) is 0.823. The monoisotopic (exact) mass is 276 g/mol. The maximum atomic E-state index is 12.0. The molecule has 2 aromatic carbocycles. The summed E-state index contributed by atoms with van der Waals surface area (Å²) in [6.07, 6.45) is 0. The average Bonchev–Trinajstić information content (AvgIpc) is 2.47. The fourth-order valence-corrected chi connectivity index (χ4v) is 2.61. The van der Waals surface area contributed by atoms with E-state index in [2.05, 4.69) is 10.3 Å². The topological polar surface area (TPSA) is 58.2 Å². The molecule has 4 nitrogen and oxygen atoms in total. The molecule has 0 amide bonds. The molecular weight excluding hydrogens is 260 g/mol. The first kappa shape index (κ1) is 13.7. The van der Waals surface area contributed by atoms with E-state index >= 15 is 0 Å². The Morgan fingerprint density at radius 1 is 0.895 bits per heavy atom. The van der Waals surface area contributed by atoms with Crippen molar-refractivity contribution in [2.45, 2.75) is 17.9 Å². The molecule has 0 aliphatic rings. The lowest BCUT2D eigenvalue weighted by Gasteiger charge is -2.15. The standard InChI is InChI=1S/C14H16N2O2S/c1-12(13-8-4-2-5-9-13)15-16-19(17,18)14-10-6-3-7-11-14/h2-12,15-16H,1H3/t12-/m1/s1. The highest BCUT2D eigenvalue weighted by Gasteiger charge is 2.14. The van der Waals surface area contributed by atoms with Gasteiger partial charge in [-0.15, -0.1) is 4.83 Å². The molecular formula is C14H16N2O2S. The lowest BCUT2D eigenvalue weighted by Crippen LogP contribution is -2.38. The first-order valence-electron chi connectivity index (χ1n) is 5.97. The summed E-state index contributed by atoms with van der Waals surface area (Å²) < 4.78 is 24.0. The molecule has 2 rings (SSSR count). The molecule has 0 radical (unpaired) electrons. The minimum Gasteiger partial charge on any atom is -0.237 e. The van der Waals surface area contributed by atoms with E-state index in [-0.39, 0.29) is 10.9 Å². The number of hydrogen-bond acceptors (Lipinski definition) is 3. The number of nitrogens with one attached hydrogen (secondary N) is 2. The van der Waals surface area contributed by atoms with E-state index in [0.29, 0.717) is 0 Å². The molecule has 2 aromatic rings. The van der Waals surface area contributed by atoms with Crippen molar-refractivity contribution in [1.82, 2.24) is 10.3 Å². The summed E-state index contributed by atoms with van der Waals surface area (Å²) in [5.41, 5.74) is 3.81. The van der Waals surface area contributed by atoms with Gasteiger partial charge in [-0.2, -0.15) is 0 Å². The summed E-state index contributed by atoms with van der Waals surface area (Å²) in [6.45, 7) is 1.89. The van der Waals surface area contributed by atoms with Crippen LogP contribution in [0.4, 0.5) is 0 Å². The second kappa shape index (κ2) is 5.97. The van der Waals surface area contributed by atoms with Crippen molar-refractivity contribution in [1.29, 1.82) is 0 Å². The molecule has 0 heterocycles. The Balaban J connectivity index is 2.03. The van der Waals surface area contributed by atoms with E-state index in [4.69, 9.17) is 0 Å². The van der Waals surface area contributed by atoms with Gasteiger partial charge in [-0.1, -0.05) is 48.5 Å². The highest BCUT2D eigenvalue weighted by atomic mass is 32.2. The van der Waals surface area contributed by atoms with Gasteiger partial charge in [-0.05, 0) is 24.6 Å². The van der Waals surface area contributed by atoms with Crippen LogP contribution in [-0.4, -0.2) is 8.42 Å². The molecule has 0 spiro atoms. The maximum absolute atomic E-state index is 12.0. The van der Waals surface area contributed by atoms with Crippen molar-refractivity contribution in [3.8, 4) is 0 Å². The van der Waals surface area contributed by atoms with E-state index < -0.39 is 10.0 Å². The van der Waals surface area contributed by atoms with Crippen LogP contribution in [0.3, 0.4) is 0 Å². The van der Waals surface area contributed by atoms with E-state index in [1.165, 1.54) is 0 Å². The van der Waals surface area contributed by atoms with Crippen LogP contribution in [0.1, 0.15) is 18.5 Å². The van der Waals surface area contributed by atoms with Gasteiger partial charge in [0.1, 0.15) is 0 Å². The predicted octanol–water partition coefficient (Wildman–Crippen LogP) is 2.23. The molecule has 100 valence electrons. The summed E-state index contributed by atoms with van der Waals surface area (Å²) >= 11 is 0. The summed E-state index contributed by atoms with van der Waals surface area (Å²) in [7, 11) is -3.52. The Kier molecular flexibility index (Phi) is 4.31. The Morgan fingerprint density at radius 3 is 2.00 bits per heavy atom. The number of benzene rings is 2. The van der Waals surface area contributed by atoms with Crippen LogP contribution in [0.15, 0.2) is 65.6 Å². The molecule has 0 saturated carbocycles. The Morgan fingerprint density at radius 2 is 1.42 bits per heavy atom. The van der Waals surface area contributed by atoms with Crippen LogP contribution in [-0.2, 0) is 10.0 Å². The van der Waals surface area contributed by atoms with Gasteiger partial charge in [0.25, 0.3) is 10.0 Å². The number of hydrazine groups is 1. The normalized spacial score (nSPS) is 13.1. The van der Waals surface area contributed by atoms with Crippen molar-refractivity contribution in [3.63, 3.8) is 0 Å². The van der Waals surface area contributed by atoms with Gasteiger partial charge >= 0.3 is 0 Å². The Labute approximate surface area is 113 Å². The summed E-state index contributed by atoms with van der Waals surface area (Å²) in [6, 6.07) is 17.8. The molecule has 1 atom stereocenters. The van der Waals surface area contributed by atoms with Crippen molar-refractivity contribution in [2.24, 2.45) is 0 Å². The third kappa shape index (κ3) is 3.64. The first-order valence-corrected chi connectivity index (χ1v) is 7.45. The van der Waals surface area contributed by atoms with Crippen LogP contribution >= 0.6 is 0 Å². The van der Waals surface area contributed by atoms with Gasteiger partial charge in [0.15, 0.2) is 0 Å². The predicted molar refractivity (Wildman–Crippen MR) is 74.8 cm³/mol. The number of rotatable bonds is 5. The van der Waals surface area contributed by atoms with Gasteiger partial charge in [0.2, 0.25) is 0 Å². The van der Waals surface area contributed by atoms with E-state index in [0.717, 1.165) is 5.56 Å². The summed E-state index contributed by atoms with van der Waals surface area (Å²) in [4.78, 5) is 2.63. The second-order valence-corrected chi connectivity index (χ2v) is 5.88. The SMILES string of the molecule is C[C@@H](NNS(=O)(=O)c1ccccc1)c1ccccc1. The fraction of sp³-hybridized carbons (Fsp3) is 0.143. The summed E-state index contributed by atoms with van der Waals surface area (Å²) in [5, 5.41) is 0. The van der Waals surface area contributed by atoms with Gasteiger partial charge in [-0.3, -0.25) is 0 Å². The van der Waals surface area contributed by atoms with Crippen LogP contribution in [0, 0.1) is 0 Å². The Hall–Kier alpha value is -1.69. The molecule has 0 unspecified atom stereocenters. The Bertz CT molecular complexity index is 612. The zero-order valence-corrected chi connectivity index (χ0v) is 11.4. The smallest absolute Gasteiger partial charge is 0.237 e. The van der Waals surface area contributed by atoms with E-state index in [1.54, 1.807) is 30.3 Å². The van der Waals surface area contributed by atoms with Gasteiger partial charge in [-0.25, -0.2) is 13.8 Å².